The van der Waals surface area contributed by atoms with E-state index in [9.17, 15) is 4.79 Å². The number of carbonyl (C=O) groups is 1. The van der Waals surface area contributed by atoms with E-state index in [0.29, 0.717) is 23.5 Å². The Balaban J connectivity index is 1.32. The first kappa shape index (κ1) is 19.5. The van der Waals surface area contributed by atoms with Crippen LogP contribution in [0.4, 0.5) is 16.9 Å². The van der Waals surface area contributed by atoms with Gasteiger partial charge < -0.3 is 20.0 Å². The summed E-state index contributed by atoms with van der Waals surface area (Å²) in [6, 6.07) is 0.356. The van der Waals surface area contributed by atoms with Gasteiger partial charge in [-0.05, 0) is 38.5 Å². The Morgan fingerprint density at radius 1 is 1.20 bits per heavy atom. The van der Waals surface area contributed by atoms with Gasteiger partial charge >= 0.3 is 0 Å². The molecule has 0 bridgehead atoms. The second kappa shape index (κ2) is 8.37. The average molecular weight is 428 g/mol. The highest BCUT2D eigenvalue weighted by Gasteiger charge is 2.37. The van der Waals surface area contributed by atoms with Gasteiger partial charge in [-0.3, -0.25) is 4.79 Å². The van der Waals surface area contributed by atoms with Crippen molar-refractivity contribution in [1.82, 2.24) is 19.9 Å². The van der Waals surface area contributed by atoms with Gasteiger partial charge in [0.2, 0.25) is 5.95 Å². The number of rotatable bonds is 5. The number of hydrogen-bond donors (Lipinski definition) is 1. The van der Waals surface area contributed by atoms with E-state index < -0.39 is 0 Å². The zero-order chi connectivity index (χ0) is 20.5. The number of hydrogen-bond acceptors (Lipinski definition) is 8. The molecule has 3 aliphatic heterocycles. The smallest absolute Gasteiger partial charge is 0.259 e. The van der Waals surface area contributed by atoms with Crippen LogP contribution in [0.3, 0.4) is 0 Å². The van der Waals surface area contributed by atoms with Crippen molar-refractivity contribution in [3.8, 4) is 0 Å². The molecule has 1 amide bonds. The summed E-state index contributed by atoms with van der Waals surface area (Å²) in [5.74, 6) is 2.04. The van der Waals surface area contributed by atoms with E-state index in [1.165, 1.54) is 0 Å². The predicted octanol–water partition coefficient (Wildman–Crippen LogP) is 2.71. The third-order valence-corrected chi connectivity index (χ3v) is 7.32. The van der Waals surface area contributed by atoms with Gasteiger partial charge in [-0.25, -0.2) is 9.97 Å². The van der Waals surface area contributed by atoms with Gasteiger partial charge in [0.15, 0.2) is 5.13 Å². The quantitative estimate of drug-likeness (QED) is 0.786. The molecule has 2 saturated heterocycles. The molecule has 160 valence electrons. The molecular weight excluding hydrogens is 398 g/mol. The highest BCUT2D eigenvalue weighted by atomic mass is 32.1. The van der Waals surface area contributed by atoms with E-state index in [0.717, 1.165) is 75.9 Å². The summed E-state index contributed by atoms with van der Waals surface area (Å²) in [7, 11) is 0. The lowest BCUT2D eigenvalue weighted by atomic mass is 9.96. The number of amides is 1. The Bertz CT molecular complexity index is 881. The molecule has 0 saturated carbocycles. The minimum Gasteiger partial charge on any atom is -0.354 e. The Labute approximate surface area is 181 Å². The van der Waals surface area contributed by atoms with E-state index in [2.05, 4.69) is 30.0 Å². The normalized spacial score (nSPS) is 22.1. The molecule has 9 heteroatoms. The van der Waals surface area contributed by atoms with Crippen molar-refractivity contribution in [1.29, 1.82) is 0 Å². The van der Waals surface area contributed by atoms with E-state index >= 15 is 0 Å². The van der Waals surface area contributed by atoms with Gasteiger partial charge in [0.05, 0.1) is 0 Å². The van der Waals surface area contributed by atoms with Crippen LogP contribution in [-0.4, -0.2) is 71.1 Å². The molecular formula is C21H29N7OS. The zero-order valence-electron chi connectivity index (χ0n) is 17.5. The summed E-state index contributed by atoms with van der Waals surface area (Å²) in [6.45, 7) is 7.40. The topological polar surface area (TPSA) is 77.5 Å². The third kappa shape index (κ3) is 3.71. The summed E-state index contributed by atoms with van der Waals surface area (Å²) in [5, 5.41) is 6.33. The fourth-order valence-electron chi connectivity index (χ4n) is 4.95. The Hall–Kier alpha value is -2.42. The van der Waals surface area contributed by atoms with Crippen LogP contribution >= 0.6 is 11.3 Å². The Morgan fingerprint density at radius 2 is 2.07 bits per heavy atom. The zero-order valence-corrected chi connectivity index (χ0v) is 18.3. The van der Waals surface area contributed by atoms with Crippen molar-refractivity contribution in [2.75, 3.05) is 54.4 Å². The highest BCUT2D eigenvalue weighted by molar-refractivity contribution is 7.13. The van der Waals surface area contributed by atoms with Crippen LogP contribution in [0.25, 0.3) is 0 Å². The standard InChI is InChI=1S/C21H29N7OS/c1-2-22-20-24-12-17-18(25-20)28-8-3-4-16(28)14-27(19(17)29)13-15-5-9-26(10-6-15)21-23-7-11-30-21/h7,11-12,15-16H,2-6,8-10,13-14H2,1H3,(H,22,24,25). The molecule has 1 unspecified atom stereocenters. The molecule has 0 aromatic carbocycles. The molecule has 2 aromatic rings. The van der Waals surface area contributed by atoms with E-state index in [1.54, 1.807) is 17.5 Å². The molecule has 1 atom stereocenters. The van der Waals surface area contributed by atoms with Crippen molar-refractivity contribution in [2.24, 2.45) is 5.92 Å². The van der Waals surface area contributed by atoms with Gasteiger partial charge in [-0.15, -0.1) is 11.3 Å². The Kier molecular flexibility index (Phi) is 5.45. The molecule has 5 rings (SSSR count). The second-order valence-electron chi connectivity index (χ2n) is 8.41. The van der Waals surface area contributed by atoms with Crippen molar-refractivity contribution in [2.45, 2.75) is 38.6 Å². The molecule has 0 spiro atoms. The fourth-order valence-corrected chi connectivity index (χ4v) is 5.64. The maximum Gasteiger partial charge on any atom is 0.259 e. The first-order valence-corrected chi connectivity index (χ1v) is 11.9. The van der Waals surface area contributed by atoms with Crippen LogP contribution in [0.1, 0.15) is 43.0 Å². The lowest BCUT2D eigenvalue weighted by Crippen LogP contribution is -2.44. The number of aromatic nitrogens is 3. The molecule has 5 heterocycles. The number of thiazole rings is 1. The fraction of sp³-hybridized carbons (Fsp3) is 0.619. The summed E-state index contributed by atoms with van der Waals surface area (Å²) in [4.78, 5) is 33.8. The van der Waals surface area contributed by atoms with Crippen LogP contribution in [0, 0.1) is 5.92 Å². The SMILES string of the molecule is CCNc1ncc2c(n1)N1CCCC1CN(CC1CCN(c3nccs3)CC1)C2=O. The molecule has 2 aromatic heterocycles. The number of fused-ring (bicyclic) bond motifs is 3. The summed E-state index contributed by atoms with van der Waals surface area (Å²) < 4.78 is 0. The van der Waals surface area contributed by atoms with Crippen molar-refractivity contribution >= 4 is 34.1 Å². The van der Waals surface area contributed by atoms with Crippen molar-refractivity contribution in [3.05, 3.63) is 23.3 Å². The Morgan fingerprint density at radius 3 is 2.83 bits per heavy atom. The summed E-state index contributed by atoms with van der Waals surface area (Å²) in [6.07, 6.45) is 8.06. The molecule has 3 aliphatic rings. The molecule has 2 fully saturated rings. The number of nitrogens with one attached hydrogen (secondary N) is 1. The molecule has 8 nitrogen and oxygen atoms in total. The molecule has 0 radical (unpaired) electrons. The first-order valence-electron chi connectivity index (χ1n) is 11.0. The van der Waals surface area contributed by atoms with Gasteiger partial charge in [0.1, 0.15) is 11.4 Å². The largest absolute Gasteiger partial charge is 0.354 e. The first-order chi connectivity index (χ1) is 14.7. The van der Waals surface area contributed by atoms with Gasteiger partial charge in [0, 0.05) is 63.1 Å². The summed E-state index contributed by atoms with van der Waals surface area (Å²) >= 11 is 1.70. The van der Waals surface area contributed by atoms with Crippen LogP contribution < -0.4 is 15.1 Å². The van der Waals surface area contributed by atoms with Crippen molar-refractivity contribution in [3.63, 3.8) is 0 Å². The molecule has 30 heavy (non-hydrogen) atoms. The van der Waals surface area contributed by atoms with Gasteiger partial charge in [-0.1, -0.05) is 0 Å². The van der Waals surface area contributed by atoms with E-state index in [4.69, 9.17) is 4.98 Å². The van der Waals surface area contributed by atoms with Crippen molar-refractivity contribution < 1.29 is 4.79 Å². The lowest BCUT2D eigenvalue weighted by molar-refractivity contribution is 0.0716. The maximum absolute atomic E-state index is 13.4. The monoisotopic (exact) mass is 427 g/mol. The maximum atomic E-state index is 13.4. The minimum atomic E-state index is 0.0878. The minimum absolute atomic E-state index is 0.0878. The van der Waals surface area contributed by atoms with Gasteiger partial charge in [-0.2, -0.15) is 4.98 Å². The van der Waals surface area contributed by atoms with E-state index in [1.807, 2.05) is 18.5 Å². The molecule has 1 N–H and O–H groups in total. The highest BCUT2D eigenvalue weighted by Crippen LogP contribution is 2.33. The van der Waals surface area contributed by atoms with Crippen LogP contribution in [0.5, 0.6) is 0 Å². The van der Waals surface area contributed by atoms with Crippen LogP contribution in [0.15, 0.2) is 17.8 Å². The van der Waals surface area contributed by atoms with E-state index in [-0.39, 0.29) is 5.91 Å². The number of anilines is 3. The number of carbonyl (C=O) groups excluding carboxylic acids is 1. The molecule has 0 aliphatic carbocycles. The average Bonchev–Trinajstić information content (AvgIpc) is 3.44. The van der Waals surface area contributed by atoms with Crippen LogP contribution in [-0.2, 0) is 0 Å². The second-order valence-corrected chi connectivity index (χ2v) is 9.28. The summed E-state index contributed by atoms with van der Waals surface area (Å²) in [5.41, 5.74) is 0.654. The lowest BCUT2D eigenvalue weighted by Gasteiger charge is -2.35. The third-order valence-electron chi connectivity index (χ3n) is 6.48. The van der Waals surface area contributed by atoms with Gasteiger partial charge in [0.25, 0.3) is 5.91 Å². The van der Waals surface area contributed by atoms with Crippen LogP contribution in [0.2, 0.25) is 0 Å². The predicted molar refractivity (Wildman–Crippen MR) is 120 cm³/mol. The number of nitrogens with zero attached hydrogens (tertiary/aromatic N) is 6. The number of piperidine rings is 1.